The van der Waals surface area contributed by atoms with Gasteiger partial charge in [0.25, 0.3) is 0 Å². The number of thiophene rings is 1. The van der Waals surface area contributed by atoms with Crippen molar-refractivity contribution in [1.29, 1.82) is 5.26 Å². The van der Waals surface area contributed by atoms with Crippen molar-refractivity contribution in [2.24, 2.45) is 11.7 Å². The Hall–Kier alpha value is -2.62. The first-order valence-corrected chi connectivity index (χ1v) is 8.59. The summed E-state index contributed by atoms with van der Waals surface area (Å²) in [5, 5.41) is 16.3. The quantitative estimate of drug-likeness (QED) is 0.779. The van der Waals surface area contributed by atoms with Crippen molar-refractivity contribution in [3.63, 3.8) is 0 Å². The van der Waals surface area contributed by atoms with Gasteiger partial charge in [-0.05, 0) is 30.5 Å². The van der Waals surface area contributed by atoms with Gasteiger partial charge in [-0.2, -0.15) is 10.4 Å². The number of fused-ring (bicyclic) bond motifs is 1. The monoisotopic (exact) mass is 336 g/mol. The number of nitriles is 1. The summed E-state index contributed by atoms with van der Waals surface area (Å²) in [5.41, 5.74) is 8.90. The van der Waals surface area contributed by atoms with Gasteiger partial charge >= 0.3 is 0 Å². The predicted molar refractivity (Wildman–Crippen MR) is 92.2 cm³/mol. The van der Waals surface area contributed by atoms with Crippen molar-refractivity contribution in [1.82, 2.24) is 9.78 Å². The Kier molecular flexibility index (Phi) is 3.60. The Balaban J connectivity index is 1.93. The Morgan fingerprint density at radius 1 is 1.25 bits per heavy atom. The van der Waals surface area contributed by atoms with Gasteiger partial charge in [-0.25, -0.2) is 4.68 Å². The number of aromatic nitrogens is 2. The molecule has 24 heavy (non-hydrogen) atoms. The van der Waals surface area contributed by atoms with Crippen LogP contribution in [0.1, 0.15) is 22.1 Å². The Morgan fingerprint density at radius 2 is 2.04 bits per heavy atom. The largest absolute Gasteiger partial charge is 0.457 e. The molecule has 0 saturated carbocycles. The molecule has 0 aliphatic carbocycles. The number of ether oxygens (including phenoxy) is 1. The smallest absolute Gasteiger partial charge is 0.222 e. The number of benzene rings is 1. The topological polar surface area (TPSA) is 76.9 Å². The van der Waals surface area contributed by atoms with Gasteiger partial charge in [0.2, 0.25) is 5.88 Å². The number of nitrogens with two attached hydrogens (primary N) is 1. The molecule has 4 rings (SSSR count). The van der Waals surface area contributed by atoms with Crippen LogP contribution in [-0.4, -0.2) is 16.0 Å². The summed E-state index contributed by atoms with van der Waals surface area (Å²) in [7, 11) is 0. The average Bonchev–Trinajstić information content (AvgIpc) is 3.23. The van der Waals surface area contributed by atoms with Gasteiger partial charge in [-0.15, -0.1) is 11.3 Å². The third-order valence-corrected chi connectivity index (χ3v) is 5.29. The molecule has 3 heterocycles. The van der Waals surface area contributed by atoms with Gasteiger partial charge in [-0.1, -0.05) is 24.3 Å². The molecule has 0 spiro atoms. The van der Waals surface area contributed by atoms with Crippen molar-refractivity contribution in [3.8, 4) is 17.6 Å². The highest BCUT2D eigenvalue weighted by Crippen LogP contribution is 2.46. The van der Waals surface area contributed by atoms with Gasteiger partial charge in [0, 0.05) is 16.4 Å². The van der Waals surface area contributed by atoms with E-state index >= 15 is 0 Å². The van der Waals surface area contributed by atoms with Crippen LogP contribution in [-0.2, 0) is 0 Å². The zero-order valence-corrected chi connectivity index (χ0v) is 13.9. The third kappa shape index (κ3) is 2.21. The van der Waals surface area contributed by atoms with E-state index in [2.05, 4.69) is 11.2 Å². The number of rotatable bonds is 2. The fourth-order valence-corrected chi connectivity index (χ4v) is 4.12. The van der Waals surface area contributed by atoms with E-state index in [1.54, 1.807) is 16.0 Å². The number of nitrogens with zero attached hydrogens (tertiary/aromatic N) is 3. The molecule has 1 aliphatic heterocycles. The molecule has 3 unspecified atom stereocenters. The molecule has 1 aliphatic rings. The molecule has 6 heteroatoms. The normalized spacial score (nSPS) is 22.5. The molecule has 120 valence electrons. The minimum absolute atomic E-state index is 0.119. The fourth-order valence-electron chi connectivity index (χ4n) is 3.24. The van der Waals surface area contributed by atoms with E-state index in [0.717, 1.165) is 21.8 Å². The predicted octanol–water partition coefficient (Wildman–Crippen LogP) is 3.19. The number of hydrogen-bond donors (Lipinski definition) is 1. The minimum atomic E-state index is -0.687. The maximum absolute atomic E-state index is 9.64. The van der Waals surface area contributed by atoms with Gasteiger partial charge in [0.05, 0.1) is 17.5 Å². The zero-order chi connectivity index (χ0) is 16.7. The van der Waals surface area contributed by atoms with Crippen molar-refractivity contribution < 1.29 is 4.74 Å². The Labute approximate surface area is 143 Å². The van der Waals surface area contributed by atoms with Crippen LogP contribution in [0, 0.1) is 24.2 Å². The standard InChI is InChI=1S/C18H16N4OS/c1-11-15-16(14-8-5-9-24-14)13(10-19)17(20)23-18(15)22(21-11)12-6-3-2-4-7-12/h2-9,13,16-17H,20H2,1H3. The zero-order valence-electron chi connectivity index (χ0n) is 13.1. The van der Waals surface area contributed by atoms with Crippen LogP contribution in [0.2, 0.25) is 0 Å². The SMILES string of the molecule is Cc1nn(-c2ccccc2)c2c1C(c1cccs1)C(C#N)C(N)O2. The van der Waals surface area contributed by atoms with Crippen LogP contribution in [0.25, 0.3) is 5.69 Å². The van der Waals surface area contributed by atoms with Crippen LogP contribution < -0.4 is 10.5 Å². The molecule has 2 aromatic heterocycles. The summed E-state index contributed by atoms with van der Waals surface area (Å²) in [6.45, 7) is 1.95. The van der Waals surface area contributed by atoms with Gasteiger partial charge < -0.3 is 4.74 Å². The van der Waals surface area contributed by atoms with Crippen LogP contribution in [0.4, 0.5) is 0 Å². The maximum Gasteiger partial charge on any atom is 0.222 e. The lowest BCUT2D eigenvalue weighted by molar-refractivity contribution is 0.126. The molecular formula is C18H16N4OS. The summed E-state index contributed by atoms with van der Waals surface area (Å²) < 4.78 is 7.71. The fraction of sp³-hybridized carbons (Fsp3) is 0.222. The van der Waals surface area contributed by atoms with Crippen molar-refractivity contribution >= 4 is 11.3 Å². The van der Waals surface area contributed by atoms with E-state index in [9.17, 15) is 5.26 Å². The molecule has 5 nitrogen and oxygen atoms in total. The van der Waals surface area contributed by atoms with E-state index in [1.807, 2.05) is 54.8 Å². The highest BCUT2D eigenvalue weighted by atomic mass is 32.1. The molecule has 1 aromatic carbocycles. The lowest BCUT2D eigenvalue weighted by atomic mass is 9.83. The number of para-hydroxylation sites is 1. The first-order valence-electron chi connectivity index (χ1n) is 7.71. The molecule has 0 saturated heterocycles. The highest BCUT2D eigenvalue weighted by molar-refractivity contribution is 7.10. The molecule has 0 amide bonds. The van der Waals surface area contributed by atoms with E-state index in [1.165, 1.54) is 0 Å². The van der Waals surface area contributed by atoms with Crippen molar-refractivity contribution in [3.05, 3.63) is 64.0 Å². The van der Waals surface area contributed by atoms with Crippen LogP contribution >= 0.6 is 11.3 Å². The summed E-state index contributed by atoms with van der Waals surface area (Å²) in [5.74, 6) is 0.0746. The summed E-state index contributed by atoms with van der Waals surface area (Å²) >= 11 is 1.63. The van der Waals surface area contributed by atoms with E-state index < -0.39 is 12.1 Å². The highest BCUT2D eigenvalue weighted by Gasteiger charge is 2.42. The van der Waals surface area contributed by atoms with E-state index in [-0.39, 0.29) is 5.92 Å². The Morgan fingerprint density at radius 3 is 2.71 bits per heavy atom. The summed E-state index contributed by atoms with van der Waals surface area (Å²) in [4.78, 5) is 1.11. The van der Waals surface area contributed by atoms with Gasteiger partial charge in [0.1, 0.15) is 5.92 Å². The van der Waals surface area contributed by atoms with E-state index in [4.69, 9.17) is 10.5 Å². The van der Waals surface area contributed by atoms with Crippen LogP contribution in [0.3, 0.4) is 0 Å². The van der Waals surface area contributed by atoms with Gasteiger partial charge in [0.15, 0.2) is 6.23 Å². The maximum atomic E-state index is 9.64. The second-order valence-electron chi connectivity index (χ2n) is 5.78. The van der Waals surface area contributed by atoms with Crippen LogP contribution in [0.15, 0.2) is 47.8 Å². The Bertz CT molecular complexity index is 895. The second-order valence-corrected chi connectivity index (χ2v) is 6.76. The molecule has 0 fully saturated rings. The number of hydrogen-bond acceptors (Lipinski definition) is 5. The average molecular weight is 336 g/mol. The first-order chi connectivity index (χ1) is 11.7. The second kappa shape index (κ2) is 5.78. The van der Waals surface area contributed by atoms with Gasteiger partial charge in [-0.3, -0.25) is 5.73 Å². The number of aryl methyl sites for hydroxylation is 1. The summed E-state index contributed by atoms with van der Waals surface area (Å²) in [6.07, 6.45) is -0.687. The lowest BCUT2D eigenvalue weighted by Gasteiger charge is -2.32. The van der Waals surface area contributed by atoms with Crippen molar-refractivity contribution in [2.75, 3.05) is 0 Å². The molecule has 0 radical (unpaired) electrons. The third-order valence-electron chi connectivity index (χ3n) is 4.33. The van der Waals surface area contributed by atoms with Crippen molar-refractivity contribution in [2.45, 2.75) is 19.1 Å². The molecule has 3 aromatic rings. The molecule has 2 N–H and O–H groups in total. The molecule has 0 bridgehead atoms. The summed E-state index contributed by atoms with van der Waals surface area (Å²) in [6, 6.07) is 16.2. The molecule has 3 atom stereocenters. The molecular weight excluding hydrogens is 320 g/mol. The minimum Gasteiger partial charge on any atom is -0.457 e. The van der Waals surface area contributed by atoms with Crippen LogP contribution in [0.5, 0.6) is 5.88 Å². The van der Waals surface area contributed by atoms with E-state index in [0.29, 0.717) is 5.88 Å². The first kappa shape index (κ1) is 14.9. The lowest BCUT2D eigenvalue weighted by Crippen LogP contribution is -2.42.